The summed E-state index contributed by atoms with van der Waals surface area (Å²) < 4.78 is 0. The summed E-state index contributed by atoms with van der Waals surface area (Å²) in [5.41, 5.74) is 5.21. The molecular formula is C26H28ClN3O2. The highest BCUT2D eigenvalue weighted by molar-refractivity contribution is 6.33. The van der Waals surface area contributed by atoms with Crippen molar-refractivity contribution in [3.8, 4) is 22.3 Å². The molecule has 0 spiro atoms. The number of β-amino-alcohol motifs (C(OH)–C–C–N with tert-alkyl or cyclic N) is 1. The summed E-state index contributed by atoms with van der Waals surface area (Å²) in [6.45, 7) is 9.27. The van der Waals surface area contributed by atoms with Gasteiger partial charge in [0.05, 0.1) is 6.10 Å². The van der Waals surface area contributed by atoms with Crippen LogP contribution in [-0.2, 0) is 5.41 Å². The molecule has 1 fully saturated rings. The fourth-order valence-electron chi connectivity index (χ4n) is 3.95. The Bertz CT molecular complexity index is 1150. The van der Waals surface area contributed by atoms with Crippen molar-refractivity contribution in [2.75, 3.05) is 13.1 Å². The van der Waals surface area contributed by atoms with Crippen molar-refractivity contribution in [2.24, 2.45) is 5.92 Å². The van der Waals surface area contributed by atoms with Gasteiger partial charge in [-0.05, 0) is 35.9 Å². The lowest BCUT2D eigenvalue weighted by atomic mass is 9.90. The Hall–Kier alpha value is -2.76. The Labute approximate surface area is 194 Å². The summed E-state index contributed by atoms with van der Waals surface area (Å²) in [4.78, 5) is 23.4. The molecule has 0 aliphatic carbocycles. The van der Waals surface area contributed by atoms with Crippen LogP contribution in [0, 0.1) is 5.92 Å². The van der Waals surface area contributed by atoms with Gasteiger partial charge in [0.1, 0.15) is 0 Å². The van der Waals surface area contributed by atoms with Crippen molar-refractivity contribution >= 4 is 17.5 Å². The van der Waals surface area contributed by atoms with Crippen LogP contribution in [0.3, 0.4) is 0 Å². The maximum Gasteiger partial charge on any atom is 0.254 e. The molecule has 1 amide bonds. The Morgan fingerprint density at radius 2 is 1.81 bits per heavy atom. The lowest BCUT2D eigenvalue weighted by molar-refractivity contribution is 0.0764. The Morgan fingerprint density at radius 3 is 2.47 bits per heavy atom. The molecule has 2 aromatic heterocycles. The number of hydrogen-bond acceptors (Lipinski definition) is 4. The quantitative estimate of drug-likeness (QED) is 0.595. The number of benzene rings is 1. The second-order valence-electron chi connectivity index (χ2n) is 9.59. The first-order valence-electron chi connectivity index (χ1n) is 10.8. The van der Waals surface area contributed by atoms with Gasteiger partial charge < -0.3 is 10.0 Å². The van der Waals surface area contributed by atoms with Gasteiger partial charge in [-0.3, -0.25) is 14.8 Å². The first-order valence-corrected chi connectivity index (χ1v) is 11.2. The number of aromatic nitrogens is 2. The number of nitrogens with zero attached hydrogens (tertiary/aromatic N) is 3. The minimum Gasteiger partial charge on any atom is -0.391 e. The molecule has 0 saturated carbocycles. The highest BCUT2D eigenvalue weighted by Gasteiger charge is 2.31. The number of carbonyl (C=O) groups is 1. The van der Waals surface area contributed by atoms with E-state index in [1.54, 1.807) is 23.2 Å². The summed E-state index contributed by atoms with van der Waals surface area (Å²) >= 11 is 6.60. The molecule has 0 bridgehead atoms. The van der Waals surface area contributed by atoms with E-state index in [0.717, 1.165) is 27.9 Å². The van der Waals surface area contributed by atoms with Crippen LogP contribution in [0.4, 0.5) is 0 Å². The molecule has 32 heavy (non-hydrogen) atoms. The third-order valence-corrected chi connectivity index (χ3v) is 6.30. The molecule has 1 aliphatic rings. The van der Waals surface area contributed by atoms with Crippen LogP contribution in [0.5, 0.6) is 0 Å². The molecule has 166 valence electrons. The minimum absolute atomic E-state index is 0.0457. The minimum atomic E-state index is -0.477. The van der Waals surface area contributed by atoms with Gasteiger partial charge in [-0.2, -0.15) is 0 Å². The van der Waals surface area contributed by atoms with E-state index in [1.807, 2.05) is 31.5 Å². The van der Waals surface area contributed by atoms with Gasteiger partial charge in [-0.25, -0.2) is 0 Å². The molecule has 6 heteroatoms. The van der Waals surface area contributed by atoms with Crippen LogP contribution in [0.2, 0.25) is 5.02 Å². The average Bonchev–Trinajstić information content (AvgIpc) is 3.11. The monoisotopic (exact) mass is 449 g/mol. The van der Waals surface area contributed by atoms with Crippen molar-refractivity contribution in [2.45, 2.75) is 39.2 Å². The molecular weight excluding hydrogens is 422 g/mol. The zero-order valence-corrected chi connectivity index (χ0v) is 19.6. The molecule has 5 nitrogen and oxygen atoms in total. The van der Waals surface area contributed by atoms with Crippen molar-refractivity contribution < 1.29 is 9.90 Å². The standard InChI is InChI=1S/C26H28ClN3O2/c1-16-14-30(15-23(16)31)25(32)18-5-6-21(22(27)10-18)20-9-19(12-28-13-20)17-7-8-29-24(11-17)26(2,3)4/h5-13,16,23,31H,14-15H2,1-4H3/t16-,23+/m0/s1. The first-order chi connectivity index (χ1) is 15.1. The van der Waals surface area contributed by atoms with Gasteiger partial charge in [-0.1, -0.05) is 45.4 Å². The highest BCUT2D eigenvalue weighted by Crippen LogP contribution is 2.33. The fourth-order valence-corrected chi connectivity index (χ4v) is 4.24. The van der Waals surface area contributed by atoms with E-state index in [9.17, 15) is 9.90 Å². The Morgan fingerprint density at radius 1 is 1.06 bits per heavy atom. The summed E-state index contributed by atoms with van der Waals surface area (Å²) in [5, 5.41) is 10.5. The number of aliphatic hydroxyl groups excluding tert-OH is 1. The van der Waals surface area contributed by atoms with Crippen LogP contribution in [0.25, 0.3) is 22.3 Å². The van der Waals surface area contributed by atoms with E-state index in [0.29, 0.717) is 23.7 Å². The van der Waals surface area contributed by atoms with Crippen LogP contribution in [0.15, 0.2) is 55.0 Å². The van der Waals surface area contributed by atoms with E-state index < -0.39 is 6.10 Å². The van der Waals surface area contributed by atoms with Crippen molar-refractivity contribution in [1.29, 1.82) is 0 Å². The molecule has 3 aromatic rings. The van der Waals surface area contributed by atoms with E-state index in [1.165, 1.54) is 0 Å². The van der Waals surface area contributed by atoms with Gasteiger partial charge in [0.15, 0.2) is 0 Å². The second kappa shape index (κ2) is 8.64. The molecule has 2 atom stereocenters. The largest absolute Gasteiger partial charge is 0.391 e. The van der Waals surface area contributed by atoms with Crippen LogP contribution in [-0.4, -0.2) is 45.1 Å². The molecule has 0 unspecified atom stereocenters. The number of pyridine rings is 2. The number of amides is 1. The summed E-state index contributed by atoms with van der Waals surface area (Å²) in [7, 11) is 0. The van der Waals surface area contributed by atoms with Gasteiger partial charge in [0.2, 0.25) is 0 Å². The van der Waals surface area contributed by atoms with Gasteiger partial charge in [0.25, 0.3) is 5.91 Å². The fraction of sp³-hybridized carbons (Fsp3) is 0.346. The summed E-state index contributed by atoms with van der Waals surface area (Å²) in [6, 6.07) is 11.5. The lowest BCUT2D eigenvalue weighted by Gasteiger charge is -2.18. The number of halogens is 1. The summed E-state index contributed by atoms with van der Waals surface area (Å²) in [5.74, 6) is -0.0327. The number of aliphatic hydroxyl groups is 1. The smallest absolute Gasteiger partial charge is 0.254 e. The molecule has 1 N–H and O–H groups in total. The van der Waals surface area contributed by atoms with E-state index in [-0.39, 0.29) is 17.2 Å². The lowest BCUT2D eigenvalue weighted by Crippen LogP contribution is -2.29. The van der Waals surface area contributed by atoms with Crippen LogP contribution < -0.4 is 0 Å². The van der Waals surface area contributed by atoms with Crippen molar-refractivity contribution in [1.82, 2.24) is 14.9 Å². The summed E-state index contributed by atoms with van der Waals surface area (Å²) in [6.07, 6.45) is 4.95. The molecule has 3 heterocycles. The average molecular weight is 450 g/mol. The maximum absolute atomic E-state index is 12.8. The van der Waals surface area contributed by atoms with E-state index in [2.05, 4.69) is 42.9 Å². The molecule has 0 radical (unpaired) electrons. The van der Waals surface area contributed by atoms with E-state index >= 15 is 0 Å². The van der Waals surface area contributed by atoms with Gasteiger partial charge >= 0.3 is 0 Å². The number of hydrogen-bond donors (Lipinski definition) is 1. The zero-order chi connectivity index (χ0) is 23.0. The second-order valence-corrected chi connectivity index (χ2v) is 10.00. The molecule has 1 aliphatic heterocycles. The Kier molecular flexibility index (Phi) is 6.06. The van der Waals surface area contributed by atoms with Crippen molar-refractivity contribution in [3.63, 3.8) is 0 Å². The number of likely N-dealkylation sites (tertiary alicyclic amines) is 1. The normalized spacial score (nSPS) is 18.8. The SMILES string of the molecule is C[C@H]1CN(C(=O)c2ccc(-c3cncc(-c4ccnc(C(C)(C)C)c4)c3)c(Cl)c2)C[C@H]1O. The van der Waals surface area contributed by atoms with Crippen molar-refractivity contribution in [3.05, 3.63) is 71.3 Å². The molecule has 1 saturated heterocycles. The van der Waals surface area contributed by atoms with Gasteiger partial charge in [-0.15, -0.1) is 0 Å². The number of carbonyl (C=O) groups excluding carboxylic acids is 1. The predicted octanol–water partition coefficient (Wildman–Crippen LogP) is 5.21. The maximum atomic E-state index is 12.8. The van der Waals surface area contributed by atoms with Gasteiger partial charge in [0, 0.05) is 76.0 Å². The predicted molar refractivity (Wildman–Crippen MR) is 128 cm³/mol. The topological polar surface area (TPSA) is 66.3 Å². The van der Waals surface area contributed by atoms with E-state index in [4.69, 9.17) is 11.6 Å². The first kappa shape index (κ1) is 22.4. The molecule has 1 aromatic carbocycles. The third-order valence-electron chi connectivity index (χ3n) is 5.99. The Balaban J connectivity index is 1.62. The van der Waals surface area contributed by atoms with Crippen LogP contribution >= 0.6 is 11.6 Å². The van der Waals surface area contributed by atoms with Crippen LogP contribution in [0.1, 0.15) is 43.7 Å². The third kappa shape index (κ3) is 4.54. The highest BCUT2D eigenvalue weighted by atomic mass is 35.5. The molecule has 4 rings (SSSR count). The zero-order valence-electron chi connectivity index (χ0n) is 18.8. The number of rotatable bonds is 3.